The van der Waals surface area contributed by atoms with Gasteiger partial charge in [-0.25, -0.2) is 14.5 Å². The summed E-state index contributed by atoms with van der Waals surface area (Å²) in [7, 11) is 0. The average Bonchev–Trinajstić information content (AvgIpc) is 2.58. The topological polar surface area (TPSA) is 71.1 Å². The van der Waals surface area contributed by atoms with Gasteiger partial charge in [-0.05, 0) is 55.7 Å². The third-order valence-corrected chi connectivity index (χ3v) is 4.17. The molecule has 1 saturated carbocycles. The van der Waals surface area contributed by atoms with Crippen LogP contribution < -0.4 is 0 Å². The number of carbonyl (C=O) groups excluding carboxylic acids is 2. The summed E-state index contributed by atoms with van der Waals surface area (Å²) in [6, 6.07) is 6.97. The molecule has 0 amide bonds. The zero-order valence-electron chi connectivity index (χ0n) is 14.2. The van der Waals surface area contributed by atoms with Crippen molar-refractivity contribution in [1.82, 2.24) is 0 Å². The number of hydrogen-bond acceptors (Lipinski definition) is 6. The highest BCUT2D eigenvalue weighted by Crippen LogP contribution is 2.25. The summed E-state index contributed by atoms with van der Waals surface area (Å²) in [6.45, 7) is 4.26. The molecular formula is C18H24O6. The summed E-state index contributed by atoms with van der Waals surface area (Å²) in [5.74, 6) is -0.0841. The summed E-state index contributed by atoms with van der Waals surface area (Å²) in [5.41, 5.74) is 1.45. The van der Waals surface area contributed by atoms with Gasteiger partial charge in [-0.15, -0.1) is 0 Å². The second kappa shape index (κ2) is 9.27. The van der Waals surface area contributed by atoms with E-state index in [2.05, 4.69) is 28.7 Å². The first kappa shape index (κ1) is 18.3. The molecule has 1 aliphatic rings. The molecule has 0 spiro atoms. The molecule has 132 valence electrons. The Hall–Kier alpha value is -2.08. The summed E-state index contributed by atoms with van der Waals surface area (Å²) >= 11 is 0. The Kier molecular flexibility index (Phi) is 7.06. The van der Waals surface area contributed by atoms with Crippen molar-refractivity contribution in [2.24, 2.45) is 5.92 Å². The first-order chi connectivity index (χ1) is 11.6. The Morgan fingerprint density at radius 2 is 1.71 bits per heavy atom. The van der Waals surface area contributed by atoms with Crippen LogP contribution in [0.3, 0.4) is 0 Å². The van der Waals surface area contributed by atoms with E-state index in [0.717, 1.165) is 44.1 Å². The zero-order chi connectivity index (χ0) is 17.4. The van der Waals surface area contributed by atoms with Gasteiger partial charge in [-0.1, -0.05) is 32.4 Å². The second-order valence-corrected chi connectivity index (χ2v) is 6.22. The highest BCUT2D eigenvalue weighted by Gasteiger charge is 2.23. The Bertz CT molecular complexity index is 531. The first-order valence-electron chi connectivity index (χ1n) is 8.43. The molecule has 0 aliphatic heterocycles. The van der Waals surface area contributed by atoms with E-state index < -0.39 is 12.1 Å². The molecule has 0 N–H and O–H groups in total. The SMILES string of the molecule is CCCc1ccc(C(=O)OOOC(=O)OC2CCC(C)CC2)cc1. The van der Waals surface area contributed by atoms with Gasteiger partial charge in [0.05, 0.1) is 10.6 Å². The smallest absolute Gasteiger partial charge is 0.429 e. The fraction of sp³-hybridized carbons (Fsp3) is 0.556. The van der Waals surface area contributed by atoms with Crippen molar-refractivity contribution >= 4 is 12.1 Å². The van der Waals surface area contributed by atoms with E-state index in [4.69, 9.17) is 4.74 Å². The summed E-state index contributed by atoms with van der Waals surface area (Å²) in [6.07, 6.45) is 4.45. The van der Waals surface area contributed by atoms with Gasteiger partial charge in [-0.3, -0.25) is 4.89 Å². The molecule has 0 heterocycles. The fourth-order valence-corrected chi connectivity index (χ4v) is 2.72. The fourth-order valence-electron chi connectivity index (χ4n) is 2.72. The first-order valence-corrected chi connectivity index (χ1v) is 8.43. The van der Waals surface area contributed by atoms with E-state index in [9.17, 15) is 9.59 Å². The minimum Gasteiger partial charge on any atom is -0.429 e. The van der Waals surface area contributed by atoms with Gasteiger partial charge in [0.25, 0.3) is 0 Å². The maximum atomic E-state index is 11.7. The maximum Gasteiger partial charge on any atom is 0.543 e. The summed E-state index contributed by atoms with van der Waals surface area (Å²) in [5, 5.41) is 4.23. The monoisotopic (exact) mass is 336 g/mol. The van der Waals surface area contributed by atoms with Crippen molar-refractivity contribution in [2.75, 3.05) is 0 Å². The van der Waals surface area contributed by atoms with Gasteiger partial charge < -0.3 is 4.74 Å². The summed E-state index contributed by atoms with van der Waals surface area (Å²) < 4.78 is 5.09. The molecule has 0 unspecified atom stereocenters. The van der Waals surface area contributed by atoms with Crippen molar-refractivity contribution in [3.05, 3.63) is 35.4 Å². The van der Waals surface area contributed by atoms with Crippen LogP contribution in [0.2, 0.25) is 0 Å². The van der Waals surface area contributed by atoms with E-state index in [1.807, 2.05) is 12.1 Å². The Morgan fingerprint density at radius 3 is 2.33 bits per heavy atom. The number of hydrogen-bond donors (Lipinski definition) is 0. The van der Waals surface area contributed by atoms with Crippen LogP contribution in [0, 0.1) is 5.92 Å². The van der Waals surface area contributed by atoms with Crippen LogP contribution in [0.4, 0.5) is 4.79 Å². The molecule has 1 aromatic carbocycles. The van der Waals surface area contributed by atoms with Crippen LogP contribution in [-0.2, 0) is 26.0 Å². The van der Waals surface area contributed by atoms with Gasteiger partial charge >= 0.3 is 12.1 Å². The van der Waals surface area contributed by atoms with Crippen LogP contribution >= 0.6 is 0 Å². The van der Waals surface area contributed by atoms with Crippen molar-refractivity contribution in [2.45, 2.75) is 58.5 Å². The minimum atomic E-state index is -0.999. The lowest BCUT2D eigenvalue weighted by molar-refractivity contribution is -0.453. The van der Waals surface area contributed by atoms with Gasteiger partial charge in [0.2, 0.25) is 0 Å². The lowest BCUT2D eigenvalue weighted by Gasteiger charge is -2.24. The van der Waals surface area contributed by atoms with Crippen LogP contribution in [0.15, 0.2) is 24.3 Å². The predicted octanol–water partition coefficient (Wildman–Crippen LogP) is 4.37. The van der Waals surface area contributed by atoms with Crippen LogP contribution in [0.1, 0.15) is 61.9 Å². The van der Waals surface area contributed by atoms with Crippen molar-refractivity contribution in [1.29, 1.82) is 0 Å². The zero-order valence-corrected chi connectivity index (χ0v) is 14.2. The Labute approximate surface area is 141 Å². The molecular weight excluding hydrogens is 312 g/mol. The standard InChI is InChI=1S/C18H24O6/c1-3-4-14-7-9-15(10-8-14)17(19)22-24-23-18(20)21-16-11-5-13(2)6-12-16/h7-10,13,16H,3-6,11-12H2,1-2H3. The molecule has 2 rings (SSSR count). The highest BCUT2D eigenvalue weighted by atomic mass is 17.5. The Balaban J connectivity index is 1.67. The molecule has 0 atom stereocenters. The molecule has 1 aromatic rings. The highest BCUT2D eigenvalue weighted by molar-refractivity contribution is 5.88. The molecule has 0 aromatic heterocycles. The van der Waals surface area contributed by atoms with E-state index in [1.165, 1.54) is 0 Å². The third kappa shape index (κ3) is 5.85. The number of rotatable bonds is 6. The molecule has 0 bridgehead atoms. The lowest BCUT2D eigenvalue weighted by atomic mass is 9.89. The number of aryl methyl sites for hydroxylation is 1. The predicted molar refractivity (Wildman–Crippen MR) is 85.9 cm³/mol. The number of carbonyl (C=O) groups is 2. The van der Waals surface area contributed by atoms with Gasteiger partial charge in [-0.2, -0.15) is 0 Å². The van der Waals surface area contributed by atoms with E-state index in [1.54, 1.807) is 12.1 Å². The molecule has 0 saturated heterocycles. The normalized spacial score (nSPS) is 20.2. The van der Waals surface area contributed by atoms with Crippen LogP contribution in [0.5, 0.6) is 0 Å². The van der Waals surface area contributed by atoms with Crippen LogP contribution in [0.25, 0.3) is 0 Å². The minimum absolute atomic E-state index is 0.167. The van der Waals surface area contributed by atoms with Gasteiger partial charge in [0, 0.05) is 0 Å². The van der Waals surface area contributed by atoms with E-state index in [0.29, 0.717) is 11.5 Å². The molecule has 6 nitrogen and oxygen atoms in total. The second-order valence-electron chi connectivity index (χ2n) is 6.22. The average molecular weight is 336 g/mol. The summed E-state index contributed by atoms with van der Waals surface area (Å²) in [4.78, 5) is 32.0. The molecule has 1 fully saturated rings. The quantitative estimate of drug-likeness (QED) is 0.436. The van der Waals surface area contributed by atoms with Crippen molar-refractivity contribution < 1.29 is 29.1 Å². The lowest BCUT2D eigenvalue weighted by Crippen LogP contribution is -2.24. The van der Waals surface area contributed by atoms with E-state index in [-0.39, 0.29) is 6.10 Å². The molecule has 24 heavy (non-hydrogen) atoms. The van der Waals surface area contributed by atoms with Gasteiger partial charge in [0.15, 0.2) is 0 Å². The number of ether oxygens (including phenoxy) is 1. The molecule has 6 heteroatoms. The third-order valence-electron chi connectivity index (χ3n) is 4.17. The molecule has 0 radical (unpaired) electrons. The van der Waals surface area contributed by atoms with Crippen molar-refractivity contribution in [3.63, 3.8) is 0 Å². The van der Waals surface area contributed by atoms with Crippen molar-refractivity contribution in [3.8, 4) is 0 Å². The Morgan fingerprint density at radius 1 is 1.04 bits per heavy atom. The number of benzene rings is 1. The largest absolute Gasteiger partial charge is 0.543 e. The van der Waals surface area contributed by atoms with E-state index >= 15 is 0 Å². The van der Waals surface area contributed by atoms with Gasteiger partial charge in [0.1, 0.15) is 6.10 Å². The molecule has 1 aliphatic carbocycles. The van der Waals surface area contributed by atoms with Crippen LogP contribution in [-0.4, -0.2) is 18.2 Å². The maximum absolute atomic E-state index is 11.7.